The van der Waals surface area contributed by atoms with Crippen LogP contribution in [0.2, 0.25) is 0 Å². The first kappa shape index (κ1) is 21.0. The Labute approximate surface area is 181 Å². The van der Waals surface area contributed by atoms with Crippen LogP contribution in [0.3, 0.4) is 0 Å². The van der Waals surface area contributed by atoms with E-state index in [1.807, 2.05) is 43.1 Å². The van der Waals surface area contributed by atoms with Gasteiger partial charge in [-0.05, 0) is 49.1 Å². The van der Waals surface area contributed by atoms with Gasteiger partial charge in [0.25, 0.3) is 0 Å². The van der Waals surface area contributed by atoms with E-state index in [4.69, 9.17) is 4.98 Å². The molecule has 0 aliphatic carbocycles. The third-order valence-electron chi connectivity index (χ3n) is 5.70. The summed E-state index contributed by atoms with van der Waals surface area (Å²) < 4.78 is 15.3. The number of aromatic nitrogens is 4. The van der Waals surface area contributed by atoms with Gasteiger partial charge in [0.1, 0.15) is 12.4 Å². The lowest BCUT2D eigenvalue weighted by Crippen LogP contribution is -2.41. The van der Waals surface area contributed by atoms with E-state index < -0.39 is 0 Å². The zero-order chi connectivity index (χ0) is 22.0. The van der Waals surface area contributed by atoms with Gasteiger partial charge in [-0.25, -0.2) is 14.4 Å². The normalized spacial score (nSPS) is 16.4. The summed E-state index contributed by atoms with van der Waals surface area (Å²) in [6.07, 6.45) is 7.12. The molecule has 1 aromatic carbocycles. The molecular formula is C23H27FN6O. The number of hydrogen-bond acceptors (Lipinski definition) is 5. The zero-order valence-corrected chi connectivity index (χ0v) is 18.1. The average molecular weight is 423 g/mol. The summed E-state index contributed by atoms with van der Waals surface area (Å²) in [4.78, 5) is 26.0. The molecule has 0 bridgehead atoms. The SMILES string of the molecule is Cc1cc(F)ccc1-c1cnc(N(C)C)nc1[C@H]1CCCN(C(=O)Cn2cccn2)C1. The lowest BCUT2D eigenvalue weighted by atomic mass is 9.88. The van der Waals surface area contributed by atoms with Crippen LogP contribution in [0.25, 0.3) is 11.1 Å². The second-order valence-corrected chi connectivity index (χ2v) is 8.21. The van der Waals surface area contributed by atoms with Crippen molar-refractivity contribution in [2.75, 3.05) is 32.1 Å². The quantitative estimate of drug-likeness (QED) is 0.631. The van der Waals surface area contributed by atoms with Crippen LogP contribution in [0, 0.1) is 12.7 Å². The van der Waals surface area contributed by atoms with Crippen LogP contribution in [-0.2, 0) is 11.3 Å². The Kier molecular flexibility index (Phi) is 5.97. The van der Waals surface area contributed by atoms with Gasteiger partial charge in [0.2, 0.25) is 11.9 Å². The number of carbonyl (C=O) groups is 1. The Morgan fingerprint density at radius 2 is 2.13 bits per heavy atom. The fraction of sp³-hybridized carbons (Fsp3) is 0.391. The molecule has 31 heavy (non-hydrogen) atoms. The average Bonchev–Trinajstić information content (AvgIpc) is 3.26. The Balaban J connectivity index is 1.66. The lowest BCUT2D eigenvalue weighted by molar-refractivity contribution is -0.133. The second-order valence-electron chi connectivity index (χ2n) is 8.21. The molecule has 4 rings (SSSR count). The van der Waals surface area contributed by atoms with Gasteiger partial charge < -0.3 is 9.80 Å². The molecule has 1 aliphatic rings. The molecule has 162 valence electrons. The van der Waals surface area contributed by atoms with E-state index >= 15 is 0 Å². The Morgan fingerprint density at radius 3 is 2.84 bits per heavy atom. The number of nitrogens with zero attached hydrogens (tertiary/aromatic N) is 6. The first-order chi connectivity index (χ1) is 14.9. The van der Waals surface area contributed by atoms with Crippen LogP contribution >= 0.6 is 0 Å². The van der Waals surface area contributed by atoms with Crippen molar-refractivity contribution in [1.29, 1.82) is 0 Å². The summed E-state index contributed by atoms with van der Waals surface area (Å²) >= 11 is 0. The number of hydrogen-bond donors (Lipinski definition) is 0. The molecule has 1 amide bonds. The summed E-state index contributed by atoms with van der Waals surface area (Å²) in [6.45, 7) is 3.45. The van der Waals surface area contributed by atoms with E-state index in [-0.39, 0.29) is 24.2 Å². The van der Waals surface area contributed by atoms with Gasteiger partial charge in [-0.1, -0.05) is 6.07 Å². The van der Waals surface area contributed by atoms with E-state index in [0.29, 0.717) is 12.5 Å². The van der Waals surface area contributed by atoms with Crippen LogP contribution in [0.4, 0.5) is 10.3 Å². The predicted molar refractivity (Wildman–Crippen MR) is 117 cm³/mol. The molecule has 0 saturated carbocycles. The number of amides is 1. The fourth-order valence-electron chi connectivity index (χ4n) is 4.11. The second kappa shape index (κ2) is 8.83. The maximum absolute atomic E-state index is 13.7. The molecule has 0 unspecified atom stereocenters. The minimum atomic E-state index is -0.262. The highest BCUT2D eigenvalue weighted by Gasteiger charge is 2.29. The predicted octanol–water partition coefficient (Wildman–Crippen LogP) is 3.26. The molecule has 3 aromatic rings. The minimum absolute atomic E-state index is 0.0507. The maximum atomic E-state index is 13.7. The number of aryl methyl sites for hydroxylation is 1. The number of piperidine rings is 1. The van der Waals surface area contributed by atoms with Crippen LogP contribution in [0.5, 0.6) is 0 Å². The molecule has 0 N–H and O–H groups in total. The highest BCUT2D eigenvalue weighted by Crippen LogP contribution is 2.35. The van der Waals surface area contributed by atoms with Crippen molar-refractivity contribution < 1.29 is 9.18 Å². The van der Waals surface area contributed by atoms with Crippen molar-refractivity contribution in [2.24, 2.45) is 0 Å². The molecule has 1 fully saturated rings. The zero-order valence-electron chi connectivity index (χ0n) is 18.1. The van der Waals surface area contributed by atoms with Gasteiger partial charge in [-0.3, -0.25) is 9.48 Å². The molecule has 0 radical (unpaired) electrons. The van der Waals surface area contributed by atoms with E-state index in [0.717, 1.165) is 41.8 Å². The molecule has 1 aliphatic heterocycles. The summed E-state index contributed by atoms with van der Waals surface area (Å²) in [5.74, 6) is 0.492. The van der Waals surface area contributed by atoms with Crippen molar-refractivity contribution in [3.05, 3.63) is 59.9 Å². The van der Waals surface area contributed by atoms with Crippen molar-refractivity contribution in [3.63, 3.8) is 0 Å². The van der Waals surface area contributed by atoms with E-state index in [1.54, 1.807) is 23.1 Å². The molecule has 3 heterocycles. The summed E-state index contributed by atoms with van der Waals surface area (Å²) in [6, 6.07) is 6.59. The van der Waals surface area contributed by atoms with Crippen LogP contribution in [0.1, 0.15) is 30.0 Å². The largest absolute Gasteiger partial charge is 0.347 e. The van der Waals surface area contributed by atoms with Gasteiger partial charge in [-0.2, -0.15) is 5.10 Å². The smallest absolute Gasteiger partial charge is 0.244 e. The first-order valence-electron chi connectivity index (χ1n) is 10.5. The summed E-state index contributed by atoms with van der Waals surface area (Å²) in [7, 11) is 3.81. The van der Waals surface area contributed by atoms with Gasteiger partial charge in [-0.15, -0.1) is 0 Å². The van der Waals surface area contributed by atoms with Gasteiger partial charge >= 0.3 is 0 Å². The first-order valence-corrected chi connectivity index (χ1v) is 10.5. The van der Waals surface area contributed by atoms with E-state index in [9.17, 15) is 9.18 Å². The van der Waals surface area contributed by atoms with Gasteiger partial charge in [0, 0.05) is 57.3 Å². The highest BCUT2D eigenvalue weighted by molar-refractivity contribution is 5.76. The lowest BCUT2D eigenvalue weighted by Gasteiger charge is -2.33. The molecule has 8 heteroatoms. The van der Waals surface area contributed by atoms with E-state index in [2.05, 4.69) is 10.1 Å². The van der Waals surface area contributed by atoms with Crippen LogP contribution in [0.15, 0.2) is 42.9 Å². The summed E-state index contributed by atoms with van der Waals surface area (Å²) in [5.41, 5.74) is 3.56. The Morgan fingerprint density at radius 1 is 1.29 bits per heavy atom. The molecule has 1 atom stereocenters. The van der Waals surface area contributed by atoms with Gasteiger partial charge in [0.15, 0.2) is 0 Å². The highest BCUT2D eigenvalue weighted by atomic mass is 19.1. The minimum Gasteiger partial charge on any atom is -0.347 e. The van der Waals surface area contributed by atoms with Gasteiger partial charge in [0.05, 0.1) is 5.69 Å². The topological polar surface area (TPSA) is 67.2 Å². The molecule has 0 spiro atoms. The van der Waals surface area contributed by atoms with Crippen molar-refractivity contribution >= 4 is 11.9 Å². The number of rotatable bonds is 5. The Bertz CT molecular complexity index is 1070. The van der Waals surface area contributed by atoms with Crippen LogP contribution < -0.4 is 4.90 Å². The summed E-state index contributed by atoms with van der Waals surface area (Å²) in [5, 5.41) is 4.14. The third kappa shape index (κ3) is 4.57. The standard InChI is InChI=1S/C23H27FN6O/c1-16-12-18(24)7-8-19(16)20-13-25-23(28(2)3)27-22(20)17-6-4-10-29(14-17)21(31)15-30-11-5-9-26-30/h5,7-9,11-13,17H,4,6,10,14-15H2,1-3H3/t17-/m0/s1. The molecule has 2 aromatic heterocycles. The number of anilines is 1. The number of benzene rings is 1. The van der Waals surface area contributed by atoms with Crippen molar-refractivity contribution in [2.45, 2.75) is 32.2 Å². The fourth-order valence-corrected chi connectivity index (χ4v) is 4.11. The Hall–Kier alpha value is -3.29. The number of likely N-dealkylation sites (tertiary alicyclic amines) is 1. The molecule has 7 nitrogen and oxygen atoms in total. The van der Waals surface area contributed by atoms with Crippen molar-refractivity contribution in [1.82, 2.24) is 24.6 Å². The monoisotopic (exact) mass is 422 g/mol. The number of carbonyl (C=O) groups excluding carboxylic acids is 1. The van der Waals surface area contributed by atoms with E-state index in [1.165, 1.54) is 12.1 Å². The third-order valence-corrected chi connectivity index (χ3v) is 5.70. The van der Waals surface area contributed by atoms with Crippen LogP contribution in [-0.4, -0.2) is 57.7 Å². The molecular weight excluding hydrogens is 395 g/mol. The molecule has 1 saturated heterocycles. The maximum Gasteiger partial charge on any atom is 0.244 e. The van der Waals surface area contributed by atoms with Crippen molar-refractivity contribution in [3.8, 4) is 11.1 Å². The number of halogens is 1.